The minimum Gasteiger partial charge on any atom is -0.454 e. The second-order valence-corrected chi connectivity index (χ2v) is 5.47. The number of amides is 2. The van der Waals surface area contributed by atoms with Crippen LogP contribution in [-0.2, 0) is 0 Å². The first-order valence-electron chi connectivity index (χ1n) is 6.60. The third kappa shape index (κ3) is 3.59. The van der Waals surface area contributed by atoms with Crippen LogP contribution in [0, 0.1) is 0 Å². The predicted octanol–water partition coefficient (Wildman–Crippen LogP) is 3.97. The van der Waals surface area contributed by atoms with Gasteiger partial charge in [0, 0.05) is 22.4 Å². The number of rotatable bonds is 3. The second-order valence-electron chi connectivity index (χ2n) is 4.55. The number of hydrogen-bond donors (Lipinski definition) is 2. The Bertz CT molecular complexity index is 714. The van der Waals surface area contributed by atoms with E-state index in [1.165, 1.54) is 0 Å². The van der Waals surface area contributed by atoms with Gasteiger partial charge in [0.15, 0.2) is 11.5 Å². The van der Waals surface area contributed by atoms with Crippen molar-refractivity contribution in [1.82, 2.24) is 5.32 Å². The fourth-order valence-corrected chi connectivity index (χ4v) is 2.19. The number of carbonyl (C=O) groups excluding carboxylic acids is 1. The van der Waals surface area contributed by atoms with Crippen molar-refractivity contribution in [1.29, 1.82) is 0 Å². The summed E-state index contributed by atoms with van der Waals surface area (Å²) in [6.07, 6.45) is 3.40. The zero-order valence-electron chi connectivity index (χ0n) is 11.5. The van der Waals surface area contributed by atoms with E-state index < -0.39 is 0 Å². The molecule has 2 amide bonds. The van der Waals surface area contributed by atoms with E-state index in [0.717, 1.165) is 10.0 Å². The number of hydrogen-bond acceptors (Lipinski definition) is 3. The average Bonchev–Trinajstić information content (AvgIpc) is 2.97. The van der Waals surface area contributed by atoms with Crippen molar-refractivity contribution in [2.24, 2.45) is 0 Å². The highest BCUT2D eigenvalue weighted by atomic mass is 79.9. The van der Waals surface area contributed by atoms with E-state index in [2.05, 4.69) is 26.6 Å². The summed E-state index contributed by atoms with van der Waals surface area (Å²) in [6, 6.07) is 12.7. The van der Waals surface area contributed by atoms with E-state index in [0.29, 0.717) is 17.2 Å². The van der Waals surface area contributed by atoms with Crippen LogP contribution in [0.1, 0.15) is 5.56 Å². The smallest absolute Gasteiger partial charge is 0.323 e. The summed E-state index contributed by atoms with van der Waals surface area (Å²) in [7, 11) is 0. The molecule has 2 N–H and O–H groups in total. The van der Waals surface area contributed by atoms with Gasteiger partial charge in [-0.1, -0.05) is 28.1 Å². The van der Waals surface area contributed by atoms with Crippen LogP contribution >= 0.6 is 15.9 Å². The first-order valence-corrected chi connectivity index (χ1v) is 7.39. The van der Waals surface area contributed by atoms with Crippen LogP contribution in [0.4, 0.5) is 10.5 Å². The molecule has 1 aliphatic heterocycles. The molecule has 0 fully saturated rings. The molecule has 2 aromatic carbocycles. The molecule has 0 unspecified atom stereocenters. The Morgan fingerprint density at radius 2 is 1.86 bits per heavy atom. The highest BCUT2D eigenvalue weighted by Gasteiger charge is 2.13. The van der Waals surface area contributed by atoms with E-state index in [1.807, 2.05) is 30.3 Å². The van der Waals surface area contributed by atoms with Crippen molar-refractivity contribution < 1.29 is 14.3 Å². The maximum Gasteiger partial charge on any atom is 0.323 e. The maximum absolute atomic E-state index is 11.8. The molecule has 22 heavy (non-hydrogen) atoms. The molecule has 0 atom stereocenters. The van der Waals surface area contributed by atoms with E-state index in [4.69, 9.17) is 9.47 Å². The van der Waals surface area contributed by atoms with Gasteiger partial charge in [0.2, 0.25) is 6.79 Å². The van der Waals surface area contributed by atoms with Crippen LogP contribution < -0.4 is 20.1 Å². The fraction of sp³-hybridized carbons (Fsp3) is 0.0625. The number of ether oxygens (including phenoxy) is 2. The molecule has 5 nitrogen and oxygen atoms in total. The Morgan fingerprint density at radius 3 is 2.68 bits per heavy atom. The zero-order valence-corrected chi connectivity index (χ0v) is 13.1. The van der Waals surface area contributed by atoms with Crippen LogP contribution in [0.5, 0.6) is 11.5 Å². The zero-order chi connectivity index (χ0) is 15.4. The largest absolute Gasteiger partial charge is 0.454 e. The summed E-state index contributed by atoms with van der Waals surface area (Å²) in [4.78, 5) is 11.8. The van der Waals surface area contributed by atoms with E-state index in [1.54, 1.807) is 24.4 Å². The SMILES string of the molecule is O=C(N/C=C/c1ccc(Br)cc1)Nc1ccc2c(c1)OCO2. The van der Waals surface area contributed by atoms with Crippen molar-refractivity contribution in [3.8, 4) is 11.5 Å². The molecule has 0 saturated carbocycles. The van der Waals surface area contributed by atoms with Gasteiger partial charge in [-0.2, -0.15) is 0 Å². The summed E-state index contributed by atoms with van der Waals surface area (Å²) in [5.74, 6) is 1.31. The highest BCUT2D eigenvalue weighted by Crippen LogP contribution is 2.34. The van der Waals surface area contributed by atoms with Gasteiger partial charge < -0.3 is 20.1 Å². The molecule has 0 saturated heterocycles. The Morgan fingerprint density at radius 1 is 1.09 bits per heavy atom. The molecule has 1 heterocycles. The Labute approximate surface area is 136 Å². The number of urea groups is 1. The lowest BCUT2D eigenvalue weighted by Gasteiger charge is -2.05. The van der Waals surface area contributed by atoms with Gasteiger partial charge in [0.1, 0.15) is 0 Å². The molecule has 1 aliphatic rings. The van der Waals surface area contributed by atoms with Crippen molar-refractivity contribution in [2.75, 3.05) is 12.1 Å². The standard InChI is InChI=1S/C16H13BrN2O3/c17-12-3-1-11(2-4-12)7-8-18-16(20)19-13-5-6-14-15(9-13)22-10-21-14/h1-9H,10H2,(H2,18,19,20)/b8-7+. The number of nitrogens with one attached hydrogen (secondary N) is 2. The van der Waals surface area contributed by atoms with Gasteiger partial charge in [-0.25, -0.2) is 4.79 Å². The van der Waals surface area contributed by atoms with Crippen molar-refractivity contribution in [3.05, 3.63) is 58.7 Å². The highest BCUT2D eigenvalue weighted by molar-refractivity contribution is 9.10. The molecular weight excluding hydrogens is 348 g/mol. The van der Waals surface area contributed by atoms with Gasteiger partial charge in [0.05, 0.1) is 0 Å². The normalized spacial score (nSPS) is 12.4. The van der Waals surface area contributed by atoms with E-state index >= 15 is 0 Å². The summed E-state index contributed by atoms with van der Waals surface area (Å²) >= 11 is 3.37. The molecule has 2 aromatic rings. The van der Waals surface area contributed by atoms with Crippen LogP contribution in [0.3, 0.4) is 0 Å². The maximum atomic E-state index is 11.8. The topological polar surface area (TPSA) is 59.6 Å². The second kappa shape index (κ2) is 6.53. The molecule has 6 heteroatoms. The summed E-state index contributed by atoms with van der Waals surface area (Å²) in [6.45, 7) is 0.209. The molecule has 0 aromatic heterocycles. The molecule has 0 bridgehead atoms. The van der Waals surface area contributed by atoms with Gasteiger partial charge >= 0.3 is 6.03 Å². The Balaban J connectivity index is 1.55. The lowest BCUT2D eigenvalue weighted by molar-refractivity contribution is 0.174. The molecule has 0 spiro atoms. The molecule has 0 aliphatic carbocycles. The van der Waals surface area contributed by atoms with Gasteiger partial charge in [-0.05, 0) is 35.9 Å². The van der Waals surface area contributed by atoms with E-state index in [9.17, 15) is 4.79 Å². The van der Waals surface area contributed by atoms with E-state index in [-0.39, 0.29) is 12.8 Å². The third-order valence-corrected chi connectivity index (χ3v) is 3.52. The summed E-state index contributed by atoms with van der Waals surface area (Å²) < 4.78 is 11.5. The van der Waals surface area contributed by atoms with Crippen LogP contribution in [0.15, 0.2) is 53.1 Å². The van der Waals surface area contributed by atoms with Gasteiger partial charge in [0.25, 0.3) is 0 Å². The van der Waals surface area contributed by atoms with Crippen LogP contribution in [0.2, 0.25) is 0 Å². The average molecular weight is 361 g/mol. The molecule has 0 radical (unpaired) electrons. The van der Waals surface area contributed by atoms with Crippen molar-refractivity contribution in [2.45, 2.75) is 0 Å². The quantitative estimate of drug-likeness (QED) is 0.870. The monoisotopic (exact) mass is 360 g/mol. The van der Waals surface area contributed by atoms with Gasteiger partial charge in [-0.15, -0.1) is 0 Å². The van der Waals surface area contributed by atoms with Crippen molar-refractivity contribution >= 4 is 33.7 Å². The fourth-order valence-electron chi connectivity index (χ4n) is 1.93. The number of halogens is 1. The molecule has 3 rings (SSSR count). The molecule has 112 valence electrons. The number of fused-ring (bicyclic) bond motifs is 1. The minimum absolute atomic E-state index is 0.209. The number of carbonyl (C=O) groups is 1. The van der Waals surface area contributed by atoms with Crippen LogP contribution in [0.25, 0.3) is 6.08 Å². The number of anilines is 1. The lowest BCUT2D eigenvalue weighted by Crippen LogP contribution is -2.23. The number of benzene rings is 2. The minimum atomic E-state index is -0.327. The van der Waals surface area contributed by atoms with Gasteiger partial charge in [-0.3, -0.25) is 0 Å². The summed E-state index contributed by atoms with van der Waals surface area (Å²) in [5, 5.41) is 5.37. The predicted molar refractivity (Wildman–Crippen MR) is 87.9 cm³/mol. The Hall–Kier alpha value is -2.47. The van der Waals surface area contributed by atoms with Crippen molar-refractivity contribution in [3.63, 3.8) is 0 Å². The Kier molecular flexibility index (Phi) is 4.29. The first kappa shape index (κ1) is 14.5. The molecular formula is C16H13BrN2O3. The first-order chi connectivity index (χ1) is 10.7. The summed E-state index contributed by atoms with van der Waals surface area (Å²) in [5.41, 5.74) is 1.63. The van der Waals surface area contributed by atoms with Crippen LogP contribution in [-0.4, -0.2) is 12.8 Å². The lowest BCUT2D eigenvalue weighted by atomic mass is 10.2. The third-order valence-electron chi connectivity index (χ3n) is 2.99.